The molecule has 0 radical (unpaired) electrons. The second-order valence-corrected chi connectivity index (χ2v) is 6.62. The highest BCUT2D eigenvalue weighted by Gasteiger charge is 2.94. The van der Waals surface area contributed by atoms with Crippen molar-refractivity contribution in [3.63, 3.8) is 0 Å². The van der Waals surface area contributed by atoms with Gasteiger partial charge in [-0.1, -0.05) is 0 Å². The maximum absolute atomic E-state index is 6.48. The Morgan fingerprint density at radius 1 is 0.455 bits per heavy atom. The molecule has 0 heterocycles. The fraction of sp³-hybridized carbons (Fsp3) is 0.600. The third-order valence-electron chi connectivity index (χ3n) is 6.12. The Morgan fingerprint density at radius 2 is 0.818 bits per heavy atom. The molecule has 4 unspecified atom stereocenters. The first-order valence-corrected chi connectivity index (χ1v) is 6.46. The van der Waals surface area contributed by atoms with Crippen molar-refractivity contribution >= 4 is 0 Å². The van der Waals surface area contributed by atoms with E-state index >= 15 is 0 Å². The number of nitrogens with two attached hydrogens (primary N) is 12. The largest absolute Gasteiger partial charge is 0.399 e. The molecule has 124 valence electrons. The van der Waals surface area contributed by atoms with Crippen LogP contribution in [0.15, 0.2) is 22.8 Å². The first kappa shape index (κ1) is 15.3. The molecule has 2 bridgehead atoms. The van der Waals surface area contributed by atoms with Crippen LogP contribution in [0.25, 0.3) is 0 Å². The fourth-order valence-corrected chi connectivity index (χ4v) is 4.61. The van der Waals surface area contributed by atoms with Crippen molar-refractivity contribution in [2.75, 3.05) is 0 Å². The number of rotatable bonds is 0. The van der Waals surface area contributed by atoms with Crippen molar-refractivity contribution in [2.24, 2.45) is 68.8 Å². The highest BCUT2D eigenvalue weighted by molar-refractivity contribution is 5.73. The first-order valence-electron chi connectivity index (χ1n) is 6.46. The molecule has 0 aromatic carbocycles. The van der Waals surface area contributed by atoms with Gasteiger partial charge in [0.15, 0.2) is 0 Å². The van der Waals surface area contributed by atoms with Gasteiger partial charge in [-0.3, -0.25) is 0 Å². The fourth-order valence-electron chi connectivity index (χ4n) is 4.61. The summed E-state index contributed by atoms with van der Waals surface area (Å²) in [6.07, 6.45) is 0. The van der Waals surface area contributed by atoms with Crippen LogP contribution >= 0.6 is 0 Å². The van der Waals surface area contributed by atoms with Gasteiger partial charge in [0.2, 0.25) is 0 Å². The molecule has 4 atom stereocenters. The summed E-state index contributed by atoms with van der Waals surface area (Å²) in [5, 5.41) is 0. The number of fused-ring (bicyclic) bond motifs is 5. The number of hydrogen-bond acceptors (Lipinski definition) is 12. The molecule has 12 heteroatoms. The SMILES string of the molecule is NC1=C(N)C2(N)C3(N)C(N)=C(N)C(N)(C3(N)N)C2(N)C1(N)N. The normalized spacial score (nSPS) is 51.6. The lowest BCUT2D eigenvalue weighted by atomic mass is 9.61. The minimum atomic E-state index is -1.97. The van der Waals surface area contributed by atoms with E-state index in [1.807, 2.05) is 0 Å². The standard InChI is InChI=1S/C10H24N12/c11-1-2(12)7(17)9(20)5(15,6(1,16)10(7,21)22)3(13)4(14)8(9,18)19/h11-22H2. The Kier molecular flexibility index (Phi) is 2.11. The van der Waals surface area contributed by atoms with Crippen molar-refractivity contribution in [3.05, 3.63) is 22.8 Å². The Balaban J connectivity index is 2.57. The third kappa shape index (κ3) is 0.777. The van der Waals surface area contributed by atoms with E-state index in [4.69, 9.17) is 68.8 Å². The van der Waals surface area contributed by atoms with E-state index < -0.39 is 33.5 Å². The predicted octanol–water partition coefficient (Wildman–Crippen LogP) is -7.70. The zero-order valence-electron chi connectivity index (χ0n) is 11.9. The van der Waals surface area contributed by atoms with E-state index in [1.165, 1.54) is 0 Å². The highest BCUT2D eigenvalue weighted by atomic mass is 15.4. The van der Waals surface area contributed by atoms with Crippen LogP contribution in [0.4, 0.5) is 0 Å². The topological polar surface area (TPSA) is 312 Å². The van der Waals surface area contributed by atoms with Gasteiger partial charge < -0.3 is 68.8 Å². The lowest BCUT2D eigenvalue weighted by Gasteiger charge is -2.55. The summed E-state index contributed by atoms with van der Waals surface area (Å²) in [5.74, 6) is 0. The van der Waals surface area contributed by atoms with Gasteiger partial charge in [-0.15, -0.1) is 0 Å². The van der Waals surface area contributed by atoms with E-state index in [0.717, 1.165) is 0 Å². The third-order valence-corrected chi connectivity index (χ3v) is 6.12. The minimum Gasteiger partial charge on any atom is -0.399 e. The average molecular weight is 312 g/mol. The van der Waals surface area contributed by atoms with Gasteiger partial charge in [0.1, 0.15) is 33.5 Å². The van der Waals surface area contributed by atoms with Crippen LogP contribution in [-0.4, -0.2) is 33.5 Å². The summed E-state index contributed by atoms with van der Waals surface area (Å²) >= 11 is 0. The molecule has 0 saturated heterocycles. The molecular formula is C10H24N12. The lowest BCUT2D eigenvalue weighted by Crippen LogP contribution is -2.91. The summed E-state index contributed by atoms with van der Waals surface area (Å²) in [5.41, 5.74) is 62.2. The van der Waals surface area contributed by atoms with Crippen LogP contribution in [-0.2, 0) is 0 Å². The van der Waals surface area contributed by atoms with Crippen LogP contribution < -0.4 is 68.8 Å². The molecule has 1 fully saturated rings. The van der Waals surface area contributed by atoms with Crippen molar-refractivity contribution in [1.82, 2.24) is 0 Å². The molecule has 0 amide bonds. The van der Waals surface area contributed by atoms with Gasteiger partial charge >= 0.3 is 0 Å². The van der Waals surface area contributed by atoms with E-state index in [0.29, 0.717) is 0 Å². The van der Waals surface area contributed by atoms with Crippen LogP contribution in [0.3, 0.4) is 0 Å². The van der Waals surface area contributed by atoms with Gasteiger partial charge in [0, 0.05) is 0 Å². The van der Waals surface area contributed by atoms with Crippen LogP contribution in [0, 0.1) is 0 Å². The zero-order chi connectivity index (χ0) is 17.3. The Hall–Kier alpha value is -1.64. The molecule has 24 N–H and O–H groups in total. The molecule has 0 spiro atoms. The molecule has 0 aromatic heterocycles. The Bertz CT molecular complexity index is 677. The zero-order valence-corrected chi connectivity index (χ0v) is 11.9. The maximum atomic E-state index is 6.48. The number of hydrogen-bond donors (Lipinski definition) is 12. The molecule has 1 saturated carbocycles. The van der Waals surface area contributed by atoms with Gasteiger partial charge in [0.05, 0.1) is 22.8 Å². The van der Waals surface area contributed by atoms with Crippen LogP contribution in [0.5, 0.6) is 0 Å². The van der Waals surface area contributed by atoms with E-state index in [2.05, 4.69) is 0 Å². The molecule has 22 heavy (non-hydrogen) atoms. The van der Waals surface area contributed by atoms with Gasteiger partial charge in [0.25, 0.3) is 0 Å². The van der Waals surface area contributed by atoms with Crippen molar-refractivity contribution in [2.45, 2.75) is 33.5 Å². The molecule has 3 aliphatic rings. The molecule has 3 aliphatic carbocycles. The van der Waals surface area contributed by atoms with Gasteiger partial charge in [-0.05, 0) is 0 Å². The monoisotopic (exact) mass is 312 g/mol. The maximum Gasteiger partial charge on any atom is 0.130 e. The Morgan fingerprint density at radius 3 is 1.27 bits per heavy atom. The van der Waals surface area contributed by atoms with E-state index in [1.54, 1.807) is 0 Å². The van der Waals surface area contributed by atoms with Crippen molar-refractivity contribution in [1.29, 1.82) is 0 Å². The summed E-state index contributed by atoms with van der Waals surface area (Å²) in [4.78, 5) is 0. The van der Waals surface area contributed by atoms with E-state index in [9.17, 15) is 0 Å². The second kappa shape index (κ2) is 3.04. The van der Waals surface area contributed by atoms with Crippen LogP contribution in [0.2, 0.25) is 0 Å². The summed E-state index contributed by atoms with van der Waals surface area (Å²) in [7, 11) is 0. The molecule has 0 aromatic rings. The summed E-state index contributed by atoms with van der Waals surface area (Å²) in [6.45, 7) is 0. The quantitative estimate of drug-likeness (QED) is 0.185. The first-order chi connectivity index (χ1) is 9.63. The lowest BCUT2D eigenvalue weighted by molar-refractivity contribution is 0.129. The highest BCUT2D eigenvalue weighted by Crippen LogP contribution is 2.66. The van der Waals surface area contributed by atoms with Crippen molar-refractivity contribution in [3.8, 4) is 0 Å². The van der Waals surface area contributed by atoms with Gasteiger partial charge in [-0.2, -0.15) is 0 Å². The minimum absolute atomic E-state index is 0.114. The second-order valence-electron chi connectivity index (χ2n) is 6.62. The summed E-state index contributed by atoms with van der Waals surface area (Å²) < 4.78 is 0. The molecule has 3 rings (SSSR count). The smallest absolute Gasteiger partial charge is 0.130 e. The molecule has 0 aliphatic heterocycles. The average Bonchev–Trinajstić information content (AvgIpc) is 2.65. The summed E-state index contributed by atoms with van der Waals surface area (Å²) in [6, 6.07) is 0. The van der Waals surface area contributed by atoms with Gasteiger partial charge in [-0.25, -0.2) is 0 Å². The Labute approximate surface area is 126 Å². The molecule has 12 nitrogen and oxygen atoms in total. The van der Waals surface area contributed by atoms with Crippen LogP contribution in [0.1, 0.15) is 0 Å². The van der Waals surface area contributed by atoms with Crippen molar-refractivity contribution < 1.29 is 0 Å². The predicted molar refractivity (Wildman–Crippen MR) is 80.7 cm³/mol. The van der Waals surface area contributed by atoms with E-state index in [-0.39, 0.29) is 22.8 Å². The molecular weight excluding hydrogens is 288 g/mol.